The van der Waals surface area contributed by atoms with Gasteiger partial charge in [-0.1, -0.05) is 84.9 Å². The first-order valence-electron chi connectivity index (χ1n) is 12.5. The Balaban J connectivity index is 1.62. The fraction of sp³-hybridized carbons (Fsp3) is 0. The number of hydrogen-bond acceptors (Lipinski definition) is 4. The summed E-state index contributed by atoms with van der Waals surface area (Å²) in [7, 11) is 0. The van der Waals surface area contributed by atoms with Gasteiger partial charge in [-0.25, -0.2) is 9.97 Å². The van der Waals surface area contributed by atoms with Crippen LogP contribution in [-0.2, 0) is 0 Å². The van der Waals surface area contributed by atoms with Crippen LogP contribution in [-0.4, -0.2) is 24.1 Å². The lowest BCUT2D eigenvalue weighted by atomic mass is 10.1. The number of halogens is 2. The van der Waals surface area contributed by atoms with Crippen LogP contribution in [0.5, 0.6) is 0 Å². The molecule has 3 aromatic heterocycles. The zero-order chi connectivity index (χ0) is 27.2. The molecule has 190 valence electrons. The average Bonchev–Trinajstić information content (AvgIpc) is 3.57. The van der Waals surface area contributed by atoms with Crippen LogP contribution in [0.3, 0.4) is 0 Å². The van der Waals surface area contributed by atoms with E-state index in [1.54, 1.807) is 36.4 Å². The minimum atomic E-state index is -1.12. The molecule has 0 radical (unpaired) electrons. The van der Waals surface area contributed by atoms with Gasteiger partial charge in [0.15, 0.2) is 0 Å². The predicted octanol–water partition coefficient (Wildman–Crippen LogP) is 7.24. The molecule has 0 bridgehead atoms. The Morgan fingerprint density at radius 3 is 1.35 bits per heavy atom. The van der Waals surface area contributed by atoms with E-state index in [0.717, 1.165) is 0 Å². The number of pyridine rings is 1. The number of hydrogen-bond donors (Lipinski definition) is 0. The van der Waals surface area contributed by atoms with Gasteiger partial charge >= 0.3 is 0 Å². The first kappa shape index (κ1) is 23.4. The summed E-state index contributed by atoms with van der Waals surface area (Å²) in [5.74, 6) is -1.45. The van der Waals surface area contributed by atoms with E-state index in [1.807, 2.05) is 72.8 Å². The van der Waals surface area contributed by atoms with E-state index in [9.17, 15) is 5.26 Å². The highest BCUT2D eigenvalue weighted by atomic mass is 19.1. The van der Waals surface area contributed by atoms with Gasteiger partial charge in [0, 0.05) is 11.1 Å². The molecule has 0 spiro atoms. The van der Waals surface area contributed by atoms with Crippen molar-refractivity contribution < 1.29 is 8.78 Å². The van der Waals surface area contributed by atoms with Crippen molar-refractivity contribution in [1.29, 1.82) is 5.26 Å². The molecular formula is C32H18F2N6. The molecule has 0 aliphatic rings. The molecule has 0 N–H and O–H groups in total. The van der Waals surface area contributed by atoms with Crippen LogP contribution in [0.25, 0.3) is 56.2 Å². The minimum absolute atomic E-state index is 0.191. The van der Waals surface area contributed by atoms with Gasteiger partial charge in [0.05, 0.1) is 22.1 Å². The van der Waals surface area contributed by atoms with Gasteiger partial charge in [-0.2, -0.15) is 19.0 Å². The van der Waals surface area contributed by atoms with E-state index in [2.05, 4.69) is 11.1 Å². The van der Waals surface area contributed by atoms with Crippen LogP contribution in [0.1, 0.15) is 5.56 Å². The maximum atomic E-state index is 15.9. The first-order chi connectivity index (χ1) is 19.7. The lowest BCUT2D eigenvalue weighted by molar-refractivity contribution is 0.504. The number of rotatable bonds is 4. The number of nitriles is 1. The van der Waals surface area contributed by atoms with Crippen molar-refractivity contribution in [2.24, 2.45) is 0 Å². The number of aromatic nitrogens is 5. The van der Waals surface area contributed by atoms with Gasteiger partial charge in [0.1, 0.15) is 34.7 Å². The SMILES string of the molecule is N#Cc1c(-n2c(-c3ccccc3)nc3ccccc32)c(F)nc(F)c1-n1c(-c2ccccc2)nc2ccccc21. The van der Waals surface area contributed by atoms with Gasteiger partial charge in [0.25, 0.3) is 0 Å². The number of fused-ring (bicyclic) bond motifs is 2. The molecule has 4 aromatic carbocycles. The molecular weight excluding hydrogens is 506 g/mol. The monoisotopic (exact) mass is 524 g/mol. The maximum Gasteiger partial charge on any atom is 0.241 e. The summed E-state index contributed by atoms with van der Waals surface area (Å²) in [4.78, 5) is 13.2. The second kappa shape index (κ2) is 9.26. The van der Waals surface area contributed by atoms with E-state index in [-0.39, 0.29) is 16.9 Å². The number of para-hydroxylation sites is 4. The summed E-state index contributed by atoms with van der Waals surface area (Å²) < 4.78 is 34.8. The standard InChI is InChI=1S/C32H18F2N6/c33-29-27(39-25-17-9-7-15-23(25)36-31(39)20-11-3-1-4-12-20)22(19-35)28(30(34)38-29)40-26-18-10-8-16-24(26)37-32(40)21-13-5-2-6-14-21/h1-18H. The lowest BCUT2D eigenvalue weighted by Gasteiger charge is -2.17. The summed E-state index contributed by atoms with van der Waals surface area (Å²) in [5.41, 5.74) is 3.07. The lowest BCUT2D eigenvalue weighted by Crippen LogP contribution is -2.13. The highest BCUT2D eigenvalue weighted by Crippen LogP contribution is 2.37. The quantitative estimate of drug-likeness (QED) is 0.228. The molecule has 3 heterocycles. The van der Waals surface area contributed by atoms with Gasteiger partial charge in [-0.05, 0) is 24.3 Å². The van der Waals surface area contributed by atoms with Gasteiger partial charge in [-0.3, -0.25) is 9.13 Å². The highest BCUT2D eigenvalue weighted by Gasteiger charge is 2.29. The molecule has 0 saturated carbocycles. The van der Waals surface area contributed by atoms with Crippen molar-refractivity contribution in [3.63, 3.8) is 0 Å². The van der Waals surface area contributed by atoms with E-state index >= 15 is 8.78 Å². The summed E-state index contributed by atoms with van der Waals surface area (Å²) in [6, 6.07) is 35.0. The Morgan fingerprint density at radius 1 is 0.525 bits per heavy atom. The summed E-state index contributed by atoms with van der Waals surface area (Å²) >= 11 is 0. The summed E-state index contributed by atoms with van der Waals surface area (Å²) in [5, 5.41) is 10.5. The van der Waals surface area contributed by atoms with Crippen molar-refractivity contribution in [2.75, 3.05) is 0 Å². The molecule has 0 fully saturated rings. The zero-order valence-electron chi connectivity index (χ0n) is 20.8. The average molecular weight is 525 g/mol. The van der Waals surface area contributed by atoms with Crippen molar-refractivity contribution >= 4 is 22.1 Å². The Kier molecular flexibility index (Phi) is 5.42. The molecule has 0 saturated heterocycles. The van der Waals surface area contributed by atoms with Crippen LogP contribution in [0.2, 0.25) is 0 Å². The van der Waals surface area contributed by atoms with Crippen LogP contribution in [0, 0.1) is 23.2 Å². The number of nitrogens with zero attached hydrogens (tertiary/aromatic N) is 6. The first-order valence-corrected chi connectivity index (χ1v) is 12.5. The van der Waals surface area contributed by atoms with Gasteiger partial charge in [0.2, 0.25) is 11.9 Å². The van der Waals surface area contributed by atoms with Crippen molar-refractivity contribution in [3.05, 3.63) is 127 Å². The number of imidazole rings is 2. The maximum absolute atomic E-state index is 15.9. The second-order valence-electron chi connectivity index (χ2n) is 9.13. The molecule has 0 amide bonds. The van der Waals surface area contributed by atoms with Gasteiger partial charge in [-0.15, -0.1) is 0 Å². The molecule has 40 heavy (non-hydrogen) atoms. The molecule has 0 aliphatic carbocycles. The molecule has 7 aromatic rings. The van der Waals surface area contributed by atoms with Crippen LogP contribution in [0.15, 0.2) is 109 Å². The molecule has 6 nitrogen and oxygen atoms in total. The Morgan fingerprint density at radius 2 is 0.925 bits per heavy atom. The van der Waals surface area contributed by atoms with Crippen LogP contribution >= 0.6 is 0 Å². The fourth-order valence-electron chi connectivity index (χ4n) is 5.09. The second-order valence-corrected chi connectivity index (χ2v) is 9.13. The predicted molar refractivity (Wildman–Crippen MR) is 149 cm³/mol. The van der Waals surface area contributed by atoms with E-state index in [0.29, 0.717) is 44.8 Å². The Hall–Kier alpha value is -5.68. The van der Waals surface area contributed by atoms with Gasteiger partial charge < -0.3 is 0 Å². The normalized spacial score (nSPS) is 11.2. The third-order valence-electron chi connectivity index (χ3n) is 6.81. The molecule has 0 unspecified atom stereocenters. The van der Waals surface area contributed by atoms with Crippen molar-refractivity contribution in [1.82, 2.24) is 24.1 Å². The third kappa shape index (κ3) is 3.56. The Labute approximate surface area is 227 Å². The largest absolute Gasteiger partial charge is 0.287 e. The molecule has 7 rings (SSSR count). The number of benzene rings is 4. The fourth-order valence-corrected chi connectivity index (χ4v) is 5.09. The van der Waals surface area contributed by atoms with E-state index in [1.165, 1.54) is 9.13 Å². The summed E-state index contributed by atoms with van der Waals surface area (Å²) in [6.07, 6.45) is 0. The summed E-state index contributed by atoms with van der Waals surface area (Å²) in [6.45, 7) is 0. The Bertz CT molecular complexity index is 1950. The van der Waals surface area contributed by atoms with Crippen molar-refractivity contribution in [3.8, 4) is 40.2 Å². The third-order valence-corrected chi connectivity index (χ3v) is 6.81. The molecule has 0 aliphatic heterocycles. The van der Waals surface area contributed by atoms with Crippen LogP contribution < -0.4 is 0 Å². The van der Waals surface area contributed by atoms with Crippen LogP contribution in [0.4, 0.5) is 8.78 Å². The molecule has 0 atom stereocenters. The zero-order valence-corrected chi connectivity index (χ0v) is 20.8. The highest BCUT2D eigenvalue weighted by molar-refractivity contribution is 5.87. The molecule has 8 heteroatoms. The van der Waals surface area contributed by atoms with Crippen molar-refractivity contribution in [2.45, 2.75) is 0 Å². The van der Waals surface area contributed by atoms with E-state index in [4.69, 9.17) is 9.97 Å². The topological polar surface area (TPSA) is 72.3 Å². The minimum Gasteiger partial charge on any atom is -0.287 e. The smallest absolute Gasteiger partial charge is 0.241 e. The van der Waals surface area contributed by atoms with E-state index < -0.39 is 11.9 Å².